The molecule has 3 nitrogen and oxygen atoms in total. The molecule has 1 saturated carbocycles. The van der Waals surface area contributed by atoms with E-state index < -0.39 is 11.7 Å². The molecule has 6 heteroatoms. The molecule has 0 bridgehead atoms. The average molecular weight is 299 g/mol. The first-order chi connectivity index (χ1) is 9.95. The topological polar surface area (TPSA) is 50.4 Å². The maximum Gasteiger partial charge on any atom is 0.416 e. The van der Waals surface area contributed by atoms with Gasteiger partial charge in [-0.1, -0.05) is 12.1 Å². The zero-order chi connectivity index (χ0) is 15.3. The molecule has 0 heterocycles. The minimum atomic E-state index is -4.26. The molecule has 1 fully saturated rings. The minimum Gasteiger partial charge on any atom is -0.370 e. The Morgan fingerprint density at radius 3 is 2.43 bits per heavy atom. The zero-order valence-corrected chi connectivity index (χ0v) is 11.8. The number of hydrogen-bond donors (Lipinski definition) is 2. The van der Waals surface area contributed by atoms with Crippen molar-refractivity contribution in [1.82, 2.24) is 5.32 Å². The maximum absolute atomic E-state index is 12.4. The van der Waals surface area contributed by atoms with Gasteiger partial charge in [-0.2, -0.15) is 13.2 Å². The van der Waals surface area contributed by atoms with Gasteiger partial charge in [0, 0.05) is 12.6 Å². The summed E-state index contributed by atoms with van der Waals surface area (Å²) in [6.45, 7) is 0.645. The second-order valence-corrected chi connectivity index (χ2v) is 5.34. The lowest BCUT2D eigenvalue weighted by atomic mass is 10.1. The number of hydrogen-bond acceptors (Lipinski definition) is 1. The van der Waals surface area contributed by atoms with Crippen LogP contribution in [0.25, 0.3) is 0 Å². The van der Waals surface area contributed by atoms with E-state index in [9.17, 15) is 13.2 Å². The quantitative estimate of drug-likeness (QED) is 0.482. The Bertz CT molecular complexity index is 476. The summed E-state index contributed by atoms with van der Waals surface area (Å²) in [5, 5.41) is 3.10. The van der Waals surface area contributed by atoms with Gasteiger partial charge in [0.05, 0.1) is 5.56 Å². The molecule has 1 aromatic carbocycles. The number of aryl methyl sites for hydroxylation is 1. The number of guanidine groups is 1. The molecule has 1 aliphatic rings. The van der Waals surface area contributed by atoms with Crippen LogP contribution >= 0.6 is 0 Å². The van der Waals surface area contributed by atoms with Gasteiger partial charge >= 0.3 is 6.18 Å². The first kappa shape index (κ1) is 15.7. The van der Waals surface area contributed by atoms with E-state index in [2.05, 4.69) is 10.3 Å². The molecule has 0 aliphatic heterocycles. The third-order valence-corrected chi connectivity index (χ3v) is 3.37. The number of nitrogens with one attached hydrogen (secondary N) is 1. The summed E-state index contributed by atoms with van der Waals surface area (Å²) in [5.41, 5.74) is 6.01. The van der Waals surface area contributed by atoms with Crippen LogP contribution in [-0.4, -0.2) is 18.5 Å². The van der Waals surface area contributed by atoms with E-state index in [1.165, 1.54) is 12.1 Å². The Morgan fingerprint density at radius 2 is 1.86 bits per heavy atom. The highest BCUT2D eigenvalue weighted by molar-refractivity contribution is 5.78. The molecular formula is C15H20F3N3. The Labute approximate surface area is 122 Å². The van der Waals surface area contributed by atoms with Crippen LogP contribution in [0, 0.1) is 0 Å². The number of nitrogens with two attached hydrogens (primary N) is 1. The average Bonchev–Trinajstić information content (AvgIpc) is 3.22. The molecule has 0 amide bonds. The number of alkyl halides is 3. The molecule has 0 spiro atoms. The van der Waals surface area contributed by atoms with Crippen LogP contribution in [0.15, 0.2) is 29.3 Å². The van der Waals surface area contributed by atoms with E-state index in [1.54, 1.807) is 0 Å². The highest BCUT2D eigenvalue weighted by Gasteiger charge is 2.29. The van der Waals surface area contributed by atoms with Crippen molar-refractivity contribution in [3.63, 3.8) is 0 Å². The van der Waals surface area contributed by atoms with Crippen LogP contribution in [-0.2, 0) is 12.6 Å². The molecule has 2 rings (SSSR count). The number of unbranched alkanes of at least 4 members (excludes halogenated alkanes) is 1. The Kier molecular flexibility index (Phi) is 5.09. The van der Waals surface area contributed by atoms with Crippen LogP contribution in [0.4, 0.5) is 13.2 Å². The largest absolute Gasteiger partial charge is 0.416 e. The third-order valence-electron chi connectivity index (χ3n) is 3.37. The van der Waals surface area contributed by atoms with E-state index in [4.69, 9.17) is 5.73 Å². The number of halogens is 3. The number of aliphatic imine (C=N–C) groups is 1. The fourth-order valence-corrected chi connectivity index (χ4v) is 1.98. The molecule has 21 heavy (non-hydrogen) atoms. The maximum atomic E-state index is 12.4. The molecular weight excluding hydrogens is 279 g/mol. The highest BCUT2D eigenvalue weighted by atomic mass is 19.4. The van der Waals surface area contributed by atoms with Crippen LogP contribution in [0.2, 0.25) is 0 Å². The van der Waals surface area contributed by atoms with Gasteiger partial charge in [0.25, 0.3) is 0 Å². The van der Waals surface area contributed by atoms with Crippen molar-refractivity contribution in [1.29, 1.82) is 0 Å². The van der Waals surface area contributed by atoms with E-state index in [0.29, 0.717) is 18.5 Å². The molecule has 0 radical (unpaired) electrons. The summed E-state index contributed by atoms with van der Waals surface area (Å²) in [7, 11) is 0. The molecule has 116 valence electrons. The minimum absolute atomic E-state index is 0.493. The lowest BCUT2D eigenvalue weighted by Crippen LogP contribution is -2.33. The fourth-order valence-electron chi connectivity index (χ4n) is 1.98. The van der Waals surface area contributed by atoms with Crippen LogP contribution in [0.1, 0.15) is 36.8 Å². The van der Waals surface area contributed by atoms with Crippen molar-refractivity contribution < 1.29 is 13.2 Å². The molecule has 0 aromatic heterocycles. The van der Waals surface area contributed by atoms with Crippen LogP contribution in [0.5, 0.6) is 0 Å². The summed E-state index contributed by atoms with van der Waals surface area (Å²) >= 11 is 0. The molecule has 0 atom stereocenters. The first-order valence-corrected chi connectivity index (χ1v) is 7.18. The third kappa shape index (κ3) is 5.65. The van der Waals surface area contributed by atoms with Crippen molar-refractivity contribution in [3.8, 4) is 0 Å². The second-order valence-electron chi connectivity index (χ2n) is 5.34. The van der Waals surface area contributed by atoms with Crippen LogP contribution in [0.3, 0.4) is 0 Å². The second kappa shape index (κ2) is 6.83. The summed E-state index contributed by atoms with van der Waals surface area (Å²) in [6, 6.07) is 5.83. The molecule has 0 saturated heterocycles. The van der Waals surface area contributed by atoms with Gasteiger partial charge in [0.2, 0.25) is 0 Å². The standard InChI is InChI=1S/C15H20F3N3/c16-15(17,18)12-6-4-11(5-7-12)3-1-2-10-20-14(19)21-13-8-9-13/h4-7,13H,1-3,8-10H2,(H3,19,20,21). The van der Waals surface area contributed by atoms with Crippen molar-refractivity contribution in [2.75, 3.05) is 6.54 Å². The molecule has 1 aromatic rings. The molecule has 3 N–H and O–H groups in total. The van der Waals surface area contributed by atoms with Crippen LogP contribution < -0.4 is 11.1 Å². The van der Waals surface area contributed by atoms with Gasteiger partial charge in [-0.05, 0) is 49.8 Å². The SMILES string of the molecule is NC(=NCCCCc1ccc(C(F)(F)F)cc1)NC1CC1. The van der Waals surface area contributed by atoms with Gasteiger partial charge in [0.15, 0.2) is 5.96 Å². The fraction of sp³-hybridized carbons (Fsp3) is 0.533. The predicted molar refractivity (Wildman–Crippen MR) is 77.0 cm³/mol. The zero-order valence-electron chi connectivity index (χ0n) is 11.8. The van der Waals surface area contributed by atoms with Gasteiger partial charge in [0.1, 0.15) is 0 Å². The van der Waals surface area contributed by atoms with E-state index in [0.717, 1.165) is 49.8 Å². The van der Waals surface area contributed by atoms with E-state index in [1.807, 2.05) is 0 Å². The number of benzene rings is 1. The lowest BCUT2D eigenvalue weighted by Gasteiger charge is -2.07. The number of rotatable bonds is 6. The van der Waals surface area contributed by atoms with Crippen molar-refractivity contribution in [3.05, 3.63) is 35.4 Å². The van der Waals surface area contributed by atoms with Gasteiger partial charge < -0.3 is 11.1 Å². The lowest BCUT2D eigenvalue weighted by molar-refractivity contribution is -0.137. The summed E-state index contributed by atoms with van der Waals surface area (Å²) < 4.78 is 37.2. The van der Waals surface area contributed by atoms with E-state index in [-0.39, 0.29) is 0 Å². The Balaban J connectivity index is 1.66. The van der Waals surface area contributed by atoms with Crippen molar-refractivity contribution in [2.45, 2.75) is 44.3 Å². The van der Waals surface area contributed by atoms with Gasteiger partial charge in [-0.15, -0.1) is 0 Å². The molecule has 1 aliphatic carbocycles. The molecule has 0 unspecified atom stereocenters. The number of nitrogens with zero attached hydrogens (tertiary/aromatic N) is 1. The monoisotopic (exact) mass is 299 g/mol. The predicted octanol–water partition coefficient (Wildman–Crippen LogP) is 3.09. The van der Waals surface area contributed by atoms with Crippen molar-refractivity contribution in [2.24, 2.45) is 10.7 Å². The Hall–Kier alpha value is -1.72. The normalized spacial score (nSPS) is 16.0. The van der Waals surface area contributed by atoms with Gasteiger partial charge in [-0.25, -0.2) is 0 Å². The summed E-state index contributed by atoms with van der Waals surface area (Å²) in [4.78, 5) is 4.22. The van der Waals surface area contributed by atoms with Gasteiger partial charge in [-0.3, -0.25) is 4.99 Å². The Morgan fingerprint density at radius 1 is 1.19 bits per heavy atom. The van der Waals surface area contributed by atoms with Crippen molar-refractivity contribution >= 4 is 5.96 Å². The summed E-state index contributed by atoms with van der Waals surface area (Å²) in [5.74, 6) is 0.493. The smallest absolute Gasteiger partial charge is 0.370 e. The summed E-state index contributed by atoms with van der Waals surface area (Å²) in [6.07, 6.45) is 0.552. The highest BCUT2D eigenvalue weighted by Crippen LogP contribution is 2.29. The first-order valence-electron chi connectivity index (χ1n) is 7.18. The van der Waals surface area contributed by atoms with E-state index >= 15 is 0 Å².